The van der Waals surface area contributed by atoms with E-state index in [9.17, 15) is 0 Å². The van der Waals surface area contributed by atoms with E-state index in [1.807, 2.05) is 13.8 Å². The van der Waals surface area contributed by atoms with Crippen molar-refractivity contribution >= 4 is 0 Å². The Balaban J connectivity index is 4.22. The van der Waals surface area contributed by atoms with Gasteiger partial charge in [-0.25, -0.2) is 0 Å². The quantitative estimate of drug-likeness (QED) is 0.241. The van der Waals surface area contributed by atoms with E-state index >= 15 is 0 Å². The predicted octanol–water partition coefficient (Wildman–Crippen LogP) is 2.27. The fraction of sp³-hybridized carbons (Fsp3) is 0.429. The molecule has 0 aliphatic rings. The molecule has 0 aromatic heterocycles. The van der Waals surface area contributed by atoms with Crippen LogP contribution in [0.25, 0.3) is 10.4 Å². The zero-order valence-electron chi connectivity index (χ0n) is 6.13. The van der Waals surface area contributed by atoms with E-state index < -0.39 is 0 Å². The first-order valence-corrected chi connectivity index (χ1v) is 2.86. The average molecular weight is 135 g/mol. The maximum absolute atomic E-state index is 7.95. The maximum Gasteiger partial charge on any atom is 0.0479 e. The molecule has 0 aliphatic carbocycles. The molecule has 0 saturated carbocycles. The topological polar surface area (TPSA) is 48.8 Å². The van der Waals surface area contributed by atoms with Crippen LogP contribution in [-0.2, 0) is 0 Å². The van der Waals surface area contributed by atoms with Crippen LogP contribution in [0.5, 0.6) is 0 Å². The highest BCUT2D eigenvalue weighted by molar-refractivity contribution is 5.28. The zero-order valence-corrected chi connectivity index (χ0v) is 6.13. The molecule has 0 bridgehead atoms. The molecule has 0 amide bonds. The van der Waals surface area contributed by atoms with Gasteiger partial charge in [0.05, 0.1) is 0 Å². The molecule has 0 radical (unpaired) electrons. The van der Waals surface area contributed by atoms with Crippen LogP contribution >= 0.6 is 0 Å². The third-order valence-electron chi connectivity index (χ3n) is 1.23. The van der Waals surface area contributed by atoms with E-state index in [-0.39, 0.29) is 0 Å². The molecular formula is C7H9N3. The summed E-state index contributed by atoms with van der Waals surface area (Å²) in [5.74, 6) is 2.47. The summed E-state index contributed by atoms with van der Waals surface area (Å²) in [6.45, 7) is 4.04. The number of allylic oxidation sites excluding steroid dienone is 1. The summed E-state index contributed by atoms with van der Waals surface area (Å²) in [5.41, 5.74) is 9.74. The van der Waals surface area contributed by atoms with Crippen molar-refractivity contribution in [2.45, 2.75) is 13.8 Å². The van der Waals surface area contributed by atoms with E-state index in [1.54, 1.807) is 0 Å². The highest BCUT2D eigenvalue weighted by atomic mass is 15.1. The van der Waals surface area contributed by atoms with Gasteiger partial charge in [-0.2, -0.15) is 0 Å². The lowest BCUT2D eigenvalue weighted by Gasteiger charge is -1.94. The largest absolute Gasteiger partial charge is 0.115 e. The monoisotopic (exact) mass is 135 g/mol. The molecule has 0 rings (SSSR count). The van der Waals surface area contributed by atoms with Crippen LogP contribution in [0.2, 0.25) is 0 Å². The lowest BCUT2D eigenvalue weighted by Crippen LogP contribution is -1.84. The first kappa shape index (κ1) is 8.61. The van der Waals surface area contributed by atoms with E-state index in [2.05, 4.69) is 15.9 Å². The molecule has 0 saturated heterocycles. The van der Waals surface area contributed by atoms with Crippen LogP contribution in [0.4, 0.5) is 0 Å². The molecule has 0 N–H and O–H groups in total. The average Bonchev–Trinajstić information content (AvgIpc) is 1.98. The second-order valence-corrected chi connectivity index (χ2v) is 1.94. The second kappa shape index (κ2) is 4.49. The smallest absolute Gasteiger partial charge is 0.0479 e. The Hall–Kier alpha value is -1.39. The molecule has 0 fully saturated rings. The van der Waals surface area contributed by atoms with Crippen molar-refractivity contribution in [1.29, 1.82) is 0 Å². The van der Waals surface area contributed by atoms with Crippen LogP contribution in [-0.4, -0.2) is 6.54 Å². The Bertz CT molecular complexity index is 226. The Kier molecular flexibility index (Phi) is 3.86. The molecular weight excluding hydrogens is 126 g/mol. The molecule has 10 heavy (non-hydrogen) atoms. The fourth-order valence-corrected chi connectivity index (χ4v) is 0.379. The lowest BCUT2D eigenvalue weighted by atomic mass is 10.2. The summed E-state index contributed by atoms with van der Waals surface area (Å²) in [5, 5.41) is 3.37. The van der Waals surface area contributed by atoms with Gasteiger partial charge in [0.25, 0.3) is 0 Å². The Morgan fingerprint density at radius 2 is 2.30 bits per heavy atom. The molecule has 3 nitrogen and oxygen atoms in total. The first-order valence-electron chi connectivity index (χ1n) is 2.86. The van der Waals surface area contributed by atoms with Gasteiger partial charge in [0.15, 0.2) is 0 Å². The number of rotatable bonds is 2. The molecule has 0 atom stereocenters. The standard InChI is InChI=1S/C7H9N3/c1-4-6(2)7(3)5-9-10-8/h1H,5H2,2-3H3/b7-6+. The van der Waals surface area contributed by atoms with Crippen molar-refractivity contribution in [2.75, 3.05) is 6.54 Å². The third kappa shape index (κ3) is 2.81. The summed E-state index contributed by atoms with van der Waals surface area (Å²) >= 11 is 0. The van der Waals surface area contributed by atoms with Gasteiger partial charge in [0, 0.05) is 11.5 Å². The van der Waals surface area contributed by atoms with Crippen molar-refractivity contribution in [2.24, 2.45) is 5.11 Å². The van der Waals surface area contributed by atoms with Crippen molar-refractivity contribution in [3.05, 3.63) is 21.6 Å². The Morgan fingerprint density at radius 3 is 2.70 bits per heavy atom. The van der Waals surface area contributed by atoms with Crippen LogP contribution < -0.4 is 0 Å². The van der Waals surface area contributed by atoms with Gasteiger partial charge in [0.1, 0.15) is 0 Å². The van der Waals surface area contributed by atoms with Crippen molar-refractivity contribution < 1.29 is 0 Å². The van der Waals surface area contributed by atoms with Crippen LogP contribution in [0, 0.1) is 12.3 Å². The first-order chi connectivity index (χ1) is 4.72. The molecule has 0 aromatic carbocycles. The van der Waals surface area contributed by atoms with E-state index in [4.69, 9.17) is 12.0 Å². The lowest BCUT2D eigenvalue weighted by molar-refractivity contribution is 1.09. The van der Waals surface area contributed by atoms with E-state index in [0.29, 0.717) is 6.54 Å². The summed E-state index contributed by atoms with van der Waals surface area (Å²) < 4.78 is 0. The molecule has 0 aliphatic heterocycles. The minimum absolute atomic E-state index is 0.368. The van der Waals surface area contributed by atoms with Crippen LogP contribution in [0.15, 0.2) is 16.3 Å². The normalized spacial score (nSPS) is 10.9. The Labute approximate surface area is 60.4 Å². The summed E-state index contributed by atoms with van der Waals surface area (Å²) in [4.78, 5) is 2.61. The SMILES string of the molecule is C#C/C(C)=C(\C)CN=[N+]=[N-]. The minimum Gasteiger partial charge on any atom is -0.115 e. The number of nitrogens with zero attached hydrogens (tertiary/aromatic N) is 3. The highest BCUT2D eigenvalue weighted by Gasteiger charge is 1.89. The molecule has 0 aromatic rings. The molecule has 3 heteroatoms. The molecule has 0 spiro atoms. The zero-order chi connectivity index (χ0) is 7.98. The van der Waals surface area contributed by atoms with Crippen molar-refractivity contribution in [3.63, 3.8) is 0 Å². The van der Waals surface area contributed by atoms with E-state index in [1.165, 1.54) is 0 Å². The van der Waals surface area contributed by atoms with Gasteiger partial charge >= 0.3 is 0 Å². The fourth-order valence-electron chi connectivity index (χ4n) is 0.379. The van der Waals surface area contributed by atoms with Crippen LogP contribution in [0.3, 0.4) is 0 Å². The summed E-state index contributed by atoms with van der Waals surface area (Å²) in [7, 11) is 0. The highest BCUT2D eigenvalue weighted by Crippen LogP contribution is 2.01. The predicted molar refractivity (Wildman–Crippen MR) is 41.2 cm³/mol. The maximum atomic E-state index is 7.95. The number of hydrogen-bond acceptors (Lipinski definition) is 1. The summed E-state index contributed by atoms with van der Waals surface area (Å²) in [6.07, 6.45) is 5.10. The van der Waals surface area contributed by atoms with Gasteiger partial charge in [-0.1, -0.05) is 16.6 Å². The number of hydrogen-bond donors (Lipinski definition) is 0. The molecule has 52 valence electrons. The second-order valence-electron chi connectivity index (χ2n) is 1.94. The van der Waals surface area contributed by atoms with Gasteiger partial charge < -0.3 is 0 Å². The van der Waals surface area contributed by atoms with Gasteiger partial charge in [-0.05, 0) is 25.0 Å². The van der Waals surface area contributed by atoms with Crippen molar-refractivity contribution in [3.8, 4) is 12.3 Å². The van der Waals surface area contributed by atoms with Crippen LogP contribution in [0.1, 0.15) is 13.8 Å². The molecule has 0 unspecified atom stereocenters. The third-order valence-corrected chi connectivity index (χ3v) is 1.23. The summed E-state index contributed by atoms with van der Waals surface area (Å²) in [6, 6.07) is 0. The number of terminal acetylenes is 1. The minimum atomic E-state index is 0.368. The van der Waals surface area contributed by atoms with Gasteiger partial charge in [0.2, 0.25) is 0 Å². The van der Waals surface area contributed by atoms with Crippen molar-refractivity contribution in [1.82, 2.24) is 0 Å². The van der Waals surface area contributed by atoms with Gasteiger partial charge in [-0.3, -0.25) is 0 Å². The van der Waals surface area contributed by atoms with Gasteiger partial charge in [-0.15, -0.1) is 6.42 Å². The Morgan fingerprint density at radius 1 is 1.70 bits per heavy atom. The molecule has 0 heterocycles. The number of azide groups is 1. The van der Waals surface area contributed by atoms with E-state index in [0.717, 1.165) is 11.1 Å².